The summed E-state index contributed by atoms with van der Waals surface area (Å²) in [6.45, 7) is 8.07. The maximum Gasteiger partial charge on any atom is 0.210 e. The molecular formula is C24H29N5O3. The Bertz CT molecular complexity index is 1050. The molecule has 4 rings (SSSR count). The molecule has 0 bridgehead atoms. The van der Waals surface area contributed by atoms with Gasteiger partial charge in [0.05, 0.1) is 13.2 Å². The van der Waals surface area contributed by atoms with Crippen LogP contribution in [0.4, 0.5) is 5.69 Å². The first-order chi connectivity index (χ1) is 15.6. The van der Waals surface area contributed by atoms with Crippen molar-refractivity contribution in [3.05, 3.63) is 65.6 Å². The van der Waals surface area contributed by atoms with Crippen LogP contribution in [0.3, 0.4) is 0 Å². The number of aliphatic hydroxyl groups is 1. The van der Waals surface area contributed by atoms with E-state index in [0.29, 0.717) is 18.1 Å². The standard InChI is InChI=1S/C24H29N5O3/c1-19(30)24-25-9-10-29(24)18-21-17-23(32-26-21)8-5-20-3-6-22(7-4-20)28-13-11-27(12-14-28)15-16-31-2/h3-4,6-7,9-10,17,19,30H,11-16,18H2,1-2H3/t19-/m0/s1. The van der Waals surface area contributed by atoms with Crippen LogP contribution in [0.5, 0.6) is 0 Å². The van der Waals surface area contributed by atoms with Gasteiger partial charge in [0.15, 0.2) is 0 Å². The lowest BCUT2D eigenvalue weighted by molar-refractivity contribution is 0.144. The fourth-order valence-corrected chi connectivity index (χ4v) is 3.78. The highest BCUT2D eigenvalue weighted by molar-refractivity contribution is 5.51. The smallest absolute Gasteiger partial charge is 0.210 e. The van der Waals surface area contributed by atoms with Gasteiger partial charge in [0.25, 0.3) is 0 Å². The first kappa shape index (κ1) is 22.1. The van der Waals surface area contributed by atoms with Crippen molar-refractivity contribution in [2.24, 2.45) is 0 Å². The highest BCUT2D eigenvalue weighted by atomic mass is 16.5. The molecule has 1 aromatic carbocycles. The number of benzene rings is 1. The van der Waals surface area contributed by atoms with Crippen molar-refractivity contribution in [1.82, 2.24) is 19.6 Å². The van der Waals surface area contributed by atoms with Crippen molar-refractivity contribution in [3.63, 3.8) is 0 Å². The van der Waals surface area contributed by atoms with Crippen molar-refractivity contribution in [2.45, 2.75) is 19.6 Å². The molecule has 1 atom stereocenters. The zero-order valence-corrected chi connectivity index (χ0v) is 18.6. The molecule has 1 aliphatic rings. The van der Waals surface area contributed by atoms with Gasteiger partial charge in [-0.3, -0.25) is 4.90 Å². The van der Waals surface area contributed by atoms with Crippen LogP contribution < -0.4 is 4.90 Å². The summed E-state index contributed by atoms with van der Waals surface area (Å²) in [7, 11) is 1.75. The summed E-state index contributed by atoms with van der Waals surface area (Å²) in [6, 6.07) is 10.1. The largest absolute Gasteiger partial charge is 0.385 e. The Hall–Kier alpha value is -3.12. The number of ether oxygens (including phenoxy) is 1. The highest BCUT2D eigenvalue weighted by Gasteiger charge is 2.16. The molecule has 32 heavy (non-hydrogen) atoms. The second-order valence-corrected chi connectivity index (χ2v) is 7.89. The fraction of sp³-hybridized carbons (Fsp3) is 0.417. The summed E-state index contributed by atoms with van der Waals surface area (Å²) in [5, 5.41) is 13.9. The summed E-state index contributed by atoms with van der Waals surface area (Å²) in [5.41, 5.74) is 2.88. The van der Waals surface area contributed by atoms with Crippen LogP contribution >= 0.6 is 0 Å². The molecule has 0 radical (unpaired) electrons. The van der Waals surface area contributed by atoms with E-state index < -0.39 is 6.10 Å². The number of anilines is 1. The van der Waals surface area contributed by atoms with E-state index in [2.05, 4.69) is 43.9 Å². The molecule has 0 unspecified atom stereocenters. The fourth-order valence-electron chi connectivity index (χ4n) is 3.78. The minimum Gasteiger partial charge on any atom is -0.385 e. The minimum absolute atomic E-state index is 0.471. The first-order valence-corrected chi connectivity index (χ1v) is 10.9. The lowest BCUT2D eigenvalue weighted by Gasteiger charge is -2.36. The molecule has 8 nitrogen and oxygen atoms in total. The SMILES string of the molecule is COCCN1CCN(c2ccc(C#Cc3cc(Cn4ccnc4[C@H](C)O)no3)cc2)CC1. The molecule has 168 valence electrons. The number of nitrogens with zero attached hydrogens (tertiary/aromatic N) is 5. The van der Waals surface area contributed by atoms with Crippen LogP contribution in [0, 0.1) is 11.8 Å². The predicted octanol–water partition coefficient (Wildman–Crippen LogP) is 2.14. The molecule has 1 N–H and O–H groups in total. The van der Waals surface area contributed by atoms with Gasteiger partial charge in [0.2, 0.25) is 5.76 Å². The number of aliphatic hydroxyl groups excluding tert-OH is 1. The Morgan fingerprint density at radius 1 is 1.16 bits per heavy atom. The Morgan fingerprint density at radius 2 is 1.94 bits per heavy atom. The van der Waals surface area contributed by atoms with Gasteiger partial charge in [-0.2, -0.15) is 0 Å². The Balaban J connectivity index is 1.33. The molecule has 1 aliphatic heterocycles. The van der Waals surface area contributed by atoms with E-state index in [4.69, 9.17) is 9.26 Å². The monoisotopic (exact) mass is 435 g/mol. The normalized spacial score (nSPS) is 15.4. The van der Waals surface area contributed by atoms with Gasteiger partial charge in [-0.05, 0) is 37.1 Å². The van der Waals surface area contributed by atoms with Crippen molar-refractivity contribution >= 4 is 5.69 Å². The van der Waals surface area contributed by atoms with Crippen LogP contribution in [-0.2, 0) is 11.3 Å². The highest BCUT2D eigenvalue weighted by Crippen LogP contribution is 2.17. The molecule has 8 heteroatoms. The molecule has 2 aromatic heterocycles. The number of rotatable bonds is 7. The van der Waals surface area contributed by atoms with E-state index in [1.54, 1.807) is 20.2 Å². The van der Waals surface area contributed by atoms with Crippen molar-refractivity contribution in [1.29, 1.82) is 0 Å². The molecule has 1 fully saturated rings. The molecule has 0 amide bonds. The summed E-state index contributed by atoms with van der Waals surface area (Å²) in [4.78, 5) is 9.00. The minimum atomic E-state index is -0.640. The van der Waals surface area contributed by atoms with E-state index in [9.17, 15) is 5.11 Å². The number of hydrogen-bond donors (Lipinski definition) is 1. The quantitative estimate of drug-likeness (QED) is 0.570. The van der Waals surface area contributed by atoms with Gasteiger partial charge >= 0.3 is 0 Å². The Morgan fingerprint density at radius 3 is 2.66 bits per heavy atom. The maximum absolute atomic E-state index is 9.77. The van der Waals surface area contributed by atoms with Crippen LogP contribution in [-0.4, -0.2) is 71.2 Å². The van der Waals surface area contributed by atoms with E-state index in [1.807, 2.05) is 29.0 Å². The second kappa shape index (κ2) is 10.5. The van der Waals surface area contributed by atoms with Crippen molar-refractivity contribution < 1.29 is 14.4 Å². The molecule has 3 aromatic rings. The molecule has 0 saturated carbocycles. The van der Waals surface area contributed by atoms with Crippen molar-refractivity contribution in [2.75, 3.05) is 51.3 Å². The third kappa shape index (κ3) is 5.56. The average Bonchev–Trinajstić information content (AvgIpc) is 3.47. The molecular weight excluding hydrogens is 406 g/mol. The van der Waals surface area contributed by atoms with Gasteiger partial charge in [-0.1, -0.05) is 11.1 Å². The van der Waals surface area contributed by atoms with Crippen molar-refractivity contribution in [3.8, 4) is 11.8 Å². The third-order valence-corrected chi connectivity index (χ3v) is 5.56. The second-order valence-electron chi connectivity index (χ2n) is 7.89. The Kier molecular flexibility index (Phi) is 7.22. The zero-order chi connectivity index (χ0) is 22.3. The summed E-state index contributed by atoms with van der Waals surface area (Å²) in [5.74, 6) is 7.28. The first-order valence-electron chi connectivity index (χ1n) is 10.9. The van der Waals surface area contributed by atoms with E-state index in [1.165, 1.54) is 5.69 Å². The number of piperazine rings is 1. The summed E-state index contributed by atoms with van der Waals surface area (Å²) in [6.07, 6.45) is 2.83. The summed E-state index contributed by atoms with van der Waals surface area (Å²) < 4.78 is 12.4. The lowest BCUT2D eigenvalue weighted by Crippen LogP contribution is -2.47. The number of imidazole rings is 1. The molecule has 0 spiro atoms. The van der Waals surface area contributed by atoms with Crippen LogP contribution in [0.25, 0.3) is 0 Å². The van der Waals surface area contributed by atoms with Crippen LogP contribution in [0.2, 0.25) is 0 Å². The van der Waals surface area contributed by atoms with Gasteiger partial charge in [-0.15, -0.1) is 0 Å². The number of methoxy groups -OCH3 is 1. The number of hydrogen-bond acceptors (Lipinski definition) is 7. The predicted molar refractivity (Wildman–Crippen MR) is 121 cm³/mol. The lowest BCUT2D eigenvalue weighted by atomic mass is 10.1. The maximum atomic E-state index is 9.77. The van der Waals surface area contributed by atoms with Gasteiger partial charge in [-0.25, -0.2) is 4.98 Å². The molecule has 0 aliphatic carbocycles. The van der Waals surface area contributed by atoms with E-state index >= 15 is 0 Å². The topological polar surface area (TPSA) is 79.8 Å². The van der Waals surface area contributed by atoms with Crippen LogP contribution in [0.1, 0.15) is 35.9 Å². The van der Waals surface area contributed by atoms with E-state index in [-0.39, 0.29) is 0 Å². The van der Waals surface area contributed by atoms with Gasteiger partial charge in [0, 0.05) is 69.5 Å². The number of aromatic nitrogens is 3. The molecule has 3 heterocycles. The van der Waals surface area contributed by atoms with E-state index in [0.717, 1.165) is 50.6 Å². The average molecular weight is 436 g/mol. The van der Waals surface area contributed by atoms with Gasteiger partial charge < -0.3 is 23.8 Å². The van der Waals surface area contributed by atoms with Crippen LogP contribution in [0.15, 0.2) is 47.2 Å². The zero-order valence-electron chi connectivity index (χ0n) is 18.6. The third-order valence-electron chi connectivity index (χ3n) is 5.56. The summed E-state index contributed by atoms with van der Waals surface area (Å²) >= 11 is 0. The molecule has 1 saturated heterocycles. The van der Waals surface area contributed by atoms with Gasteiger partial charge in [0.1, 0.15) is 17.6 Å². The Labute approximate surface area is 188 Å².